The monoisotopic (exact) mass is 214 g/mol. The average molecular weight is 214 g/mol. The van der Waals surface area contributed by atoms with Gasteiger partial charge < -0.3 is 11.1 Å². The molecule has 2 heteroatoms. The Bertz CT molecular complexity index is 402. The van der Waals surface area contributed by atoms with E-state index < -0.39 is 0 Å². The lowest BCUT2D eigenvalue weighted by Gasteiger charge is -2.40. The first kappa shape index (κ1) is 11.2. The number of hydrogen-bond donors (Lipinski definition) is 2. The van der Waals surface area contributed by atoms with Gasteiger partial charge in [-0.15, -0.1) is 6.42 Å². The summed E-state index contributed by atoms with van der Waals surface area (Å²) in [5.74, 6) is 2.63. The average Bonchev–Trinajstić information content (AvgIpc) is 2.33. The van der Waals surface area contributed by atoms with Crippen molar-refractivity contribution in [3.05, 3.63) is 35.4 Å². The molecule has 2 unspecified atom stereocenters. The van der Waals surface area contributed by atoms with Crippen LogP contribution in [0.3, 0.4) is 0 Å². The van der Waals surface area contributed by atoms with Crippen molar-refractivity contribution < 1.29 is 0 Å². The van der Waals surface area contributed by atoms with Crippen LogP contribution in [0.4, 0.5) is 0 Å². The van der Waals surface area contributed by atoms with Gasteiger partial charge in [0.1, 0.15) is 0 Å². The van der Waals surface area contributed by atoms with Gasteiger partial charge in [-0.2, -0.15) is 0 Å². The Morgan fingerprint density at radius 2 is 2.12 bits per heavy atom. The topological polar surface area (TPSA) is 38.0 Å². The van der Waals surface area contributed by atoms with Crippen LogP contribution in [-0.2, 0) is 5.41 Å². The second-order valence-electron chi connectivity index (χ2n) is 4.71. The van der Waals surface area contributed by atoms with Crippen LogP contribution < -0.4 is 11.1 Å². The highest BCUT2D eigenvalue weighted by atomic mass is 14.9. The van der Waals surface area contributed by atoms with Gasteiger partial charge in [0.05, 0.1) is 0 Å². The van der Waals surface area contributed by atoms with Crippen molar-refractivity contribution in [2.45, 2.75) is 24.8 Å². The van der Waals surface area contributed by atoms with Gasteiger partial charge in [-0.3, -0.25) is 0 Å². The highest BCUT2D eigenvalue weighted by molar-refractivity contribution is 5.38. The summed E-state index contributed by atoms with van der Waals surface area (Å²) in [5.41, 5.74) is 8.45. The van der Waals surface area contributed by atoms with Gasteiger partial charge in [-0.25, -0.2) is 0 Å². The number of benzene rings is 1. The Kier molecular flexibility index (Phi) is 3.00. The van der Waals surface area contributed by atoms with Crippen LogP contribution >= 0.6 is 0 Å². The first-order chi connectivity index (χ1) is 7.66. The van der Waals surface area contributed by atoms with Crippen LogP contribution in [0.15, 0.2) is 24.3 Å². The van der Waals surface area contributed by atoms with E-state index in [1.807, 2.05) is 12.1 Å². The highest BCUT2D eigenvalue weighted by Gasteiger charge is 2.35. The van der Waals surface area contributed by atoms with Crippen LogP contribution in [-0.4, -0.2) is 19.1 Å². The molecule has 84 valence electrons. The SMILES string of the molecule is C#Cc1ccc(C2(C)CNCCC2N)cc1. The zero-order chi connectivity index (χ0) is 11.6. The minimum absolute atomic E-state index is 0.0192. The molecule has 1 aliphatic rings. The van der Waals surface area contributed by atoms with E-state index in [0.717, 1.165) is 25.1 Å². The lowest BCUT2D eigenvalue weighted by molar-refractivity contribution is 0.290. The van der Waals surface area contributed by atoms with Gasteiger partial charge in [0.25, 0.3) is 0 Å². The molecule has 0 spiro atoms. The summed E-state index contributed by atoms with van der Waals surface area (Å²) in [4.78, 5) is 0. The molecule has 0 aromatic heterocycles. The molecule has 16 heavy (non-hydrogen) atoms. The zero-order valence-corrected chi connectivity index (χ0v) is 9.66. The lowest BCUT2D eigenvalue weighted by Crippen LogP contribution is -2.55. The fourth-order valence-corrected chi connectivity index (χ4v) is 2.32. The van der Waals surface area contributed by atoms with Gasteiger partial charge >= 0.3 is 0 Å². The molecule has 0 radical (unpaired) electrons. The molecule has 0 saturated carbocycles. The molecule has 0 bridgehead atoms. The normalized spacial score (nSPS) is 29.7. The lowest BCUT2D eigenvalue weighted by atomic mass is 9.73. The van der Waals surface area contributed by atoms with Gasteiger partial charge in [0, 0.05) is 23.6 Å². The van der Waals surface area contributed by atoms with E-state index in [1.165, 1.54) is 5.56 Å². The van der Waals surface area contributed by atoms with E-state index in [-0.39, 0.29) is 11.5 Å². The summed E-state index contributed by atoms with van der Waals surface area (Å²) >= 11 is 0. The van der Waals surface area contributed by atoms with Crippen LogP contribution in [0.5, 0.6) is 0 Å². The predicted molar refractivity (Wildman–Crippen MR) is 67.2 cm³/mol. The molecule has 1 aromatic rings. The molecule has 0 aliphatic carbocycles. The van der Waals surface area contributed by atoms with Gasteiger partial charge in [0.2, 0.25) is 0 Å². The van der Waals surface area contributed by atoms with Crippen molar-refractivity contribution in [1.29, 1.82) is 0 Å². The number of nitrogens with one attached hydrogen (secondary N) is 1. The second-order valence-corrected chi connectivity index (χ2v) is 4.71. The van der Waals surface area contributed by atoms with E-state index in [2.05, 4.69) is 30.3 Å². The Morgan fingerprint density at radius 1 is 1.44 bits per heavy atom. The fraction of sp³-hybridized carbons (Fsp3) is 0.429. The maximum Gasteiger partial charge on any atom is 0.0242 e. The molecule has 1 saturated heterocycles. The number of hydrogen-bond acceptors (Lipinski definition) is 2. The molecule has 2 atom stereocenters. The van der Waals surface area contributed by atoms with Crippen LogP contribution in [0, 0.1) is 12.3 Å². The Morgan fingerprint density at radius 3 is 2.69 bits per heavy atom. The highest BCUT2D eigenvalue weighted by Crippen LogP contribution is 2.29. The standard InChI is InChI=1S/C14H18N2/c1-3-11-4-6-12(7-5-11)14(2)10-16-9-8-13(14)15/h1,4-7,13,16H,8-10,15H2,2H3. The van der Waals surface area contributed by atoms with Crippen molar-refractivity contribution >= 4 is 0 Å². The summed E-state index contributed by atoms with van der Waals surface area (Å²) in [7, 11) is 0. The molecule has 1 fully saturated rings. The Hall–Kier alpha value is -1.30. The summed E-state index contributed by atoms with van der Waals surface area (Å²) in [5, 5.41) is 3.41. The first-order valence-electron chi connectivity index (χ1n) is 5.70. The van der Waals surface area contributed by atoms with E-state index >= 15 is 0 Å². The van der Waals surface area contributed by atoms with E-state index in [9.17, 15) is 0 Å². The number of piperidine rings is 1. The fourth-order valence-electron chi connectivity index (χ4n) is 2.32. The molecule has 1 heterocycles. The van der Waals surface area contributed by atoms with Gasteiger partial charge in [-0.05, 0) is 30.7 Å². The molecule has 1 aliphatic heterocycles. The second kappa shape index (κ2) is 4.29. The summed E-state index contributed by atoms with van der Waals surface area (Å²) in [6.07, 6.45) is 6.37. The maximum atomic E-state index is 6.24. The smallest absolute Gasteiger partial charge is 0.0242 e. The minimum atomic E-state index is 0.0192. The Balaban J connectivity index is 2.31. The molecule has 2 nitrogen and oxygen atoms in total. The van der Waals surface area contributed by atoms with Crippen molar-refractivity contribution in [2.75, 3.05) is 13.1 Å². The summed E-state index contributed by atoms with van der Waals surface area (Å²) < 4.78 is 0. The van der Waals surface area contributed by atoms with Crippen molar-refractivity contribution in [3.8, 4) is 12.3 Å². The minimum Gasteiger partial charge on any atom is -0.327 e. The van der Waals surface area contributed by atoms with E-state index in [0.29, 0.717) is 0 Å². The van der Waals surface area contributed by atoms with Gasteiger partial charge in [-0.1, -0.05) is 25.0 Å². The number of nitrogens with two attached hydrogens (primary N) is 1. The van der Waals surface area contributed by atoms with Crippen LogP contribution in [0.2, 0.25) is 0 Å². The molecule has 2 rings (SSSR count). The molecular formula is C14H18N2. The number of rotatable bonds is 1. The van der Waals surface area contributed by atoms with Crippen molar-refractivity contribution in [1.82, 2.24) is 5.32 Å². The first-order valence-corrected chi connectivity index (χ1v) is 5.70. The van der Waals surface area contributed by atoms with Crippen LogP contribution in [0.1, 0.15) is 24.5 Å². The predicted octanol–water partition coefficient (Wildman–Crippen LogP) is 1.25. The van der Waals surface area contributed by atoms with E-state index in [1.54, 1.807) is 0 Å². The molecule has 1 aromatic carbocycles. The third-order valence-electron chi connectivity index (χ3n) is 3.65. The quantitative estimate of drug-likeness (QED) is 0.690. The third-order valence-corrected chi connectivity index (χ3v) is 3.65. The van der Waals surface area contributed by atoms with Gasteiger partial charge in [0.15, 0.2) is 0 Å². The maximum absolute atomic E-state index is 6.24. The van der Waals surface area contributed by atoms with Crippen molar-refractivity contribution in [2.24, 2.45) is 5.73 Å². The Labute approximate surface area is 97.2 Å². The molecule has 3 N–H and O–H groups in total. The summed E-state index contributed by atoms with van der Waals surface area (Å²) in [6, 6.07) is 8.39. The zero-order valence-electron chi connectivity index (χ0n) is 9.66. The van der Waals surface area contributed by atoms with E-state index in [4.69, 9.17) is 12.2 Å². The summed E-state index contributed by atoms with van der Waals surface area (Å²) in [6.45, 7) is 4.16. The van der Waals surface area contributed by atoms with Crippen LogP contribution in [0.25, 0.3) is 0 Å². The largest absolute Gasteiger partial charge is 0.327 e. The molecular weight excluding hydrogens is 196 g/mol. The van der Waals surface area contributed by atoms with Crippen molar-refractivity contribution in [3.63, 3.8) is 0 Å². The third kappa shape index (κ3) is 1.84. The molecule has 0 amide bonds. The number of terminal acetylenes is 1.